The molecule has 1 aromatic rings. The third-order valence-corrected chi connectivity index (χ3v) is 2.37. The van der Waals surface area contributed by atoms with Gasteiger partial charge < -0.3 is 5.11 Å². The lowest BCUT2D eigenvalue weighted by atomic mass is 10.2. The van der Waals surface area contributed by atoms with E-state index >= 15 is 0 Å². The molecule has 0 atom stereocenters. The summed E-state index contributed by atoms with van der Waals surface area (Å²) < 4.78 is 0. The van der Waals surface area contributed by atoms with E-state index in [1.54, 1.807) is 11.3 Å². The van der Waals surface area contributed by atoms with E-state index in [0.717, 1.165) is 12.0 Å². The maximum Gasteiger partial charge on any atom is 0.0645 e. The van der Waals surface area contributed by atoms with Gasteiger partial charge in [-0.05, 0) is 29.5 Å². The van der Waals surface area contributed by atoms with Gasteiger partial charge in [-0.2, -0.15) is 0 Å². The zero-order chi connectivity index (χ0) is 8.10. The van der Waals surface area contributed by atoms with Crippen LogP contribution in [0, 0.1) is 0 Å². The number of hydrogen-bond donors (Lipinski definition) is 1. The Morgan fingerprint density at radius 3 is 3.00 bits per heavy atom. The summed E-state index contributed by atoms with van der Waals surface area (Å²) in [6.45, 7) is 2.23. The molecule has 0 unspecified atom stereocenters. The molecule has 0 aliphatic heterocycles. The van der Waals surface area contributed by atoms with E-state index in [4.69, 9.17) is 5.11 Å². The molecule has 1 heterocycles. The molecule has 60 valence electrons. The Bertz CT molecular complexity index is 218. The first-order chi connectivity index (χ1) is 5.36. The van der Waals surface area contributed by atoms with Crippen molar-refractivity contribution in [2.45, 2.75) is 13.3 Å². The van der Waals surface area contributed by atoms with E-state index in [-0.39, 0.29) is 6.61 Å². The predicted molar refractivity (Wildman–Crippen MR) is 49.7 cm³/mol. The van der Waals surface area contributed by atoms with Gasteiger partial charge in [0.2, 0.25) is 0 Å². The fourth-order valence-corrected chi connectivity index (χ4v) is 1.54. The third kappa shape index (κ3) is 2.48. The summed E-state index contributed by atoms with van der Waals surface area (Å²) in [4.78, 5) is 1.22. The summed E-state index contributed by atoms with van der Waals surface area (Å²) in [5.41, 5.74) is 1.09. The highest BCUT2D eigenvalue weighted by Gasteiger charge is 1.92. The maximum atomic E-state index is 8.86. The predicted octanol–water partition coefficient (Wildman–Crippen LogP) is 2.53. The van der Waals surface area contributed by atoms with E-state index < -0.39 is 0 Å². The number of thiophene rings is 1. The van der Waals surface area contributed by atoms with E-state index in [2.05, 4.69) is 13.0 Å². The Morgan fingerprint density at radius 2 is 2.55 bits per heavy atom. The second kappa shape index (κ2) is 4.31. The summed E-state index contributed by atoms with van der Waals surface area (Å²) in [5, 5.41) is 10.9. The molecule has 0 bridgehead atoms. The van der Waals surface area contributed by atoms with Crippen molar-refractivity contribution in [1.82, 2.24) is 0 Å². The summed E-state index contributed by atoms with van der Waals surface area (Å²) in [6, 6.07) is 4.07. The molecule has 0 amide bonds. The van der Waals surface area contributed by atoms with Gasteiger partial charge in [0, 0.05) is 4.88 Å². The van der Waals surface area contributed by atoms with Crippen LogP contribution >= 0.6 is 11.3 Å². The van der Waals surface area contributed by atoms with Crippen LogP contribution in [0.15, 0.2) is 23.1 Å². The van der Waals surface area contributed by atoms with Crippen molar-refractivity contribution in [3.8, 4) is 0 Å². The van der Waals surface area contributed by atoms with Gasteiger partial charge >= 0.3 is 0 Å². The quantitative estimate of drug-likeness (QED) is 0.735. The molecule has 1 N–H and O–H groups in total. The van der Waals surface area contributed by atoms with Crippen molar-refractivity contribution < 1.29 is 5.11 Å². The van der Waals surface area contributed by atoms with Gasteiger partial charge in [0.05, 0.1) is 6.61 Å². The maximum absolute atomic E-state index is 8.86. The summed E-state index contributed by atoms with van der Waals surface area (Å²) in [5.74, 6) is 0. The van der Waals surface area contributed by atoms with Crippen LogP contribution in [0.5, 0.6) is 0 Å². The fourth-order valence-electron chi connectivity index (χ4n) is 0.834. The van der Waals surface area contributed by atoms with Crippen molar-refractivity contribution in [3.05, 3.63) is 28.0 Å². The van der Waals surface area contributed by atoms with E-state index in [1.807, 2.05) is 17.5 Å². The third-order valence-electron chi connectivity index (χ3n) is 1.55. The average molecular weight is 168 g/mol. The first-order valence-corrected chi connectivity index (χ1v) is 4.58. The standard InChI is InChI=1S/C9H12OS/c1-2-8(7-10)6-9-4-3-5-11-9/h3-6,10H,2,7H2,1H3. The van der Waals surface area contributed by atoms with Crippen LogP contribution in [0.25, 0.3) is 6.08 Å². The van der Waals surface area contributed by atoms with Crippen LogP contribution < -0.4 is 0 Å². The van der Waals surface area contributed by atoms with Crippen molar-refractivity contribution in [2.75, 3.05) is 6.61 Å². The topological polar surface area (TPSA) is 20.2 Å². The Hall–Kier alpha value is -0.600. The monoisotopic (exact) mass is 168 g/mol. The molecule has 0 spiro atoms. The van der Waals surface area contributed by atoms with Gasteiger partial charge in [-0.25, -0.2) is 0 Å². The molecule has 1 rings (SSSR count). The molecule has 0 radical (unpaired) electrons. The molecule has 1 aromatic heterocycles. The average Bonchev–Trinajstić information content (AvgIpc) is 2.52. The summed E-state index contributed by atoms with van der Waals surface area (Å²) in [7, 11) is 0. The van der Waals surface area contributed by atoms with Gasteiger partial charge in [0.25, 0.3) is 0 Å². The second-order valence-electron chi connectivity index (χ2n) is 2.33. The smallest absolute Gasteiger partial charge is 0.0645 e. The van der Waals surface area contributed by atoms with Gasteiger partial charge in [-0.15, -0.1) is 11.3 Å². The number of aliphatic hydroxyl groups excluding tert-OH is 1. The van der Waals surface area contributed by atoms with E-state index in [0.29, 0.717) is 0 Å². The van der Waals surface area contributed by atoms with Crippen LogP contribution in [0.4, 0.5) is 0 Å². The normalized spacial score (nSPS) is 12.0. The molecular weight excluding hydrogens is 156 g/mol. The van der Waals surface area contributed by atoms with Crippen LogP contribution in [0.3, 0.4) is 0 Å². The Morgan fingerprint density at radius 1 is 1.73 bits per heavy atom. The molecule has 0 aromatic carbocycles. The van der Waals surface area contributed by atoms with Gasteiger partial charge in [0.1, 0.15) is 0 Å². The highest BCUT2D eigenvalue weighted by molar-refractivity contribution is 7.10. The zero-order valence-corrected chi connectivity index (χ0v) is 7.40. The van der Waals surface area contributed by atoms with Crippen LogP contribution in [0.2, 0.25) is 0 Å². The minimum absolute atomic E-state index is 0.175. The van der Waals surface area contributed by atoms with E-state index in [9.17, 15) is 0 Å². The fraction of sp³-hybridized carbons (Fsp3) is 0.333. The summed E-state index contributed by atoms with van der Waals surface area (Å²) in [6.07, 6.45) is 2.97. The van der Waals surface area contributed by atoms with Crippen LogP contribution in [-0.2, 0) is 0 Å². The molecule has 0 aliphatic carbocycles. The second-order valence-corrected chi connectivity index (χ2v) is 3.31. The highest BCUT2D eigenvalue weighted by atomic mass is 32.1. The molecule has 0 saturated carbocycles. The Labute approximate surface area is 71.0 Å². The Balaban J connectivity index is 2.71. The lowest BCUT2D eigenvalue weighted by Crippen LogP contribution is -1.86. The lowest BCUT2D eigenvalue weighted by Gasteiger charge is -1.96. The Kier molecular flexibility index (Phi) is 3.33. The van der Waals surface area contributed by atoms with Crippen molar-refractivity contribution in [3.63, 3.8) is 0 Å². The molecular formula is C9H12OS. The first kappa shape index (κ1) is 8.50. The number of aliphatic hydroxyl groups is 1. The van der Waals surface area contributed by atoms with Crippen molar-refractivity contribution >= 4 is 17.4 Å². The lowest BCUT2D eigenvalue weighted by molar-refractivity contribution is 0.329. The number of hydrogen-bond acceptors (Lipinski definition) is 2. The van der Waals surface area contributed by atoms with Crippen molar-refractivity contribution in [1.29, 1.82) is 0 Å². The van der Waals surface area contributed by atoms with Crippen molar-refractivity contribution in [2.24, 2.45) is 0 Å². The number of rotatable bonds is 3. The molecule has 1 nitrogen and oxygen atoms in total. The SMILES string of the molecule is CCC(=Cc1cccs1)CO. The van der Waals surface area contributed by atoms with Crippen LogP contribution in [-0.4, -0.2) is 11.7 Å². The van der Waals surface area contributed by atoms with E-state index in [1.165, 1.54) is 4.88 Å². The van der Waals surface area contributed by atoms with Gasteiger partial charge in [-0.1, -0.05) is 13.0 Å². The zero-order valence-electron chi connectivity index (χ0n) is 6.58. The van der Waals surface area contributed by atoms with Gasteiger partial charge in [0.15, 0.2) is 0 Å². The van der Waals surface area contributed by atoms with Crippen LogP contribution in [0.1, 0.15) is 18.2 Å². The summed E-state index contributed by atoms with van der Waals surface area (Å²) >= 11 is 1.69. The molecule has 2 heteroatoms. The molecule has 0 fully saturated rings. The highest BCUT2D eigenvalue weighted by Crippen LogP contribution is 2.14. The largest absolute Gasteiger partial charge is 0.392 e. The minimum Gasteiger partial charge on any atom is -0.392 e. The van der Waals surface area contributed by atoms with Gasteiger partial charge in [-0.3, -0.25) is 0 Å². The minimum atomic E-state index is 0.175. The molecule has 0 aliphatic rings. The molecule has 0 saturated heterocycles. The molecule has 11 heavy (non-hydrogen) atoms. The first-order valence-electron chi connectivity index (χ1n) is 3.70.